The van der Waals surface area contributed by atoms with Gasteiger partial charge in [0, 0.05) is 54.6 Å². The summed E-state index contributed by atoms with van der Waals surface area (Å²) in [5.41, 5.74) is 4.70. The number of aryl methyl sites for hydroxylation is 1. The fourth-order valence-electron chi connectivity index (χ4n) is 6.63. The van der Waals surface area contributed by atoms with E-state index >= 15 is 0 Å². The average Bonchev–Trinajstić information content (AvgIpc) is 3.39. The highest BCUT2D eigenvalue weighted by molar-refractivity contribution is 7.99. The van der Waals surface area contributed by atoms with E-state index in [1.165, 1.54) is 39.8 Å². The third-order valence-electron chi connectivity index (χ3n) is 8.89. The Kier molecular flexibility index (Phi) is 7.91. The molecule has 0 radical (unpaired) electrons. The van der Waals surface area contributed by atoms with Gasteiger partial charge in [-0.3, -0.25) is 0 Å². The van der Waals surface area contributed by atoms with Crippen molar-refractivity contribution in [1.29, 1.82) is 5.26 Å². The number of aromatic nitrogens is 2. The standard InChI is InChI=1S/C31H37N7O2S/c1-21-6-3-7-22-8-4-10-27(28(21)22)36-15-12-25-26(19-36)33-30(41-20-24-9-5-14-35(24)2)34-29(25)37-16-17-38(31(39)40)23(18-37)11-13-32/h3-4,6-8,10,23-24H,5,9,11-12,14-20H2,1-2H3,(H,39,40). The van der Waals surface area contributed by atoms with Gasteiger partial charge in [-0.2, -0.15) is 5.26 Å². The molecule has 2 unspecified atom stereocenters. The number of fused-ring (bicyclic) bond motifs is 2. The first-order chi connectivity index (χ1) is 19.9. The summed E-state index contributed by atoms with van der Waals surface area (Å²) < 4.78 is 0. The number of carboxylic acid groups (broad SMARTS) is 1. The molecule has 0 aliphatic carbocycles. The molecule has 2 aromatic carbocycles. The Labute approximate surface area is 245 Å². The molecule has 0 saturated carbocycles. The molecule has 1 N–H and O–H groups in total. The van der Waals surface area contributed by atoms with Crippen LogP contribution in [0.3, 0.4) is 0 Å². The highest BCUT2D eigenvalue weighted by atomic mass is 32.2. The maximum absolute atomic E-state index is 11.9. The molecule has 0 spiro atoms. The van der Waals surface area contributed by atoms with Crippen molar-refractivity contribution in [3.63, 3.8) is 0 Å². The van der Waals surface area contributed by atoms with Gasteiger partial charge in [0.25, 0.3) is 0 Å². The van der Waals surface area contributed by atoms with Crippen molar-refractivity contribution in [3.05, 3.63) is 53.2 Å². The van der Waals surface area contributed by atoms with Crippen LogP contribution in [0.15, 0.2) is 41.6 Å². The molecule has 3 aliphatic heterocycles. The number of anilines is 2. The summed E-state index contributed by atoms with van der Waals surface area (Å²) in [7, 11) is 2.19. The third kappa shape index (κ3) is 5.53. The predicted molar refractivity (Wildman–Crippen MR) is 163 cm³/mol. The molecule has 1 aromatic heterocycles. The molecule has 1 amide bonds. The van der Waals surface area contributed by atoms with E-state index in [1.54, 1.807) is 11.8 Å². The molecule has 9 nitrogen and oxygen atoms in total. The minimum absolute atomic E-state index is 0.167. The number of carbonyl (C=O) groups is 1. The fourth-order valence-corrected chi connectivity index (χ4v) is 7.72. The zero-order chi connectivity index (χ0) is 28.5. The SMILES string of the molecule is Cc1cccc2cccc(N3CCc4c(nc(SCC5CCCN5C)nc4N4CCN(C(=O)O)C(CC#N)C4)C3)c12. The summed E-state index contributed by atoms with van der Waals surface area (Å²) in [5, 5.41) is 22.4. The Morgan fingerprint density at radius 2 is 1.93 bits per heavy atom. The first-order valence-corrected chi connectivity index (χ1v) is 15.5. The summed E-state index contributed by atoms with van der Waals surface area (Å²) in [6, 6.07) is 15.3. The van der Waals surface area contributed by atoms with Gasteiger partial charge in [-0.25, -0.2) is 14.8 Å². The van der Waals surface area contributed by atoms with Crippen molar-refractivity contribution in [2.24, 2.45) is 0 Å². The fraction of sp³-hybridized carbons (Fsp3) is 0.484. The van der Waals surface area contributed by atoms with E-state index in [1.807, 2.05) is 0 Å². The summed E-state index contributed by atoms with van der Waals surface area (Å²) in [4.78, 5) is 30.6. The second kappa shape index (κ2) is 11.7. The number of rotatable bonds is 6. The molecule has 3 aliphatic rings. The molecule has 2 atom stereocenters. The monoisotopic (exact) mass is 571 g/mol. The Balaban J connectivity index is 1.34. The summed E-state index contributed by atoms with van der Waals surface area (Å²) in [5.74, 6) is 1.86. The summed E-state index contributed by atoms with van der Waals surface area (Å²) >= 11 is 1.73. The molecule has 214 valence electrons. The van der Waals surface area contributed by atoms with Gasteiger partial charge < -0.3 is 24.7 Å². The number of likely N-dealkylation sites (tertiary alicyclic amines) is 1. The van der Waals surface area contributed by atoms with E-state index in [-0.39, 0.29) is 12.5 Å². The van der Waals surface area contributed by atoms with E-state index in [0.29, 0.717) is 32.2 Å². The lowest BCUT2D eigenvalue weighted by molar-refractivity contribution is 0.119. The smallest absolute Gasteiger partial charge is 0.407 e. The van der Waals surface area contributed by atoms with Crippen LogP contribution in [0, 0.1) is 18.3 Å². The van der Waals surface area contributed by atoms with Gasteiger partial charge in [-0.1, -0.05) is 42.1 Å². The van der Waals surface area contributed by atoms with Crippen LogP contribution in [0.25, 0.3) is 10.8 Å². The lowest BCUT2D eigenvalue weighted by Gasteiger charge is -2.41. The average molecular weight is 572 g/mol. The van der Waals surface area contributed by atoms with Gasteiger partial charge >= 0.3 is 6.09 Å². The van der Waals surface area contributed by atoms with Crippen LogP contribution in [-0.4, -0.2) is 88.6 Å². The van der Waals surface area contributed by atoms with E-state index in [0.717, 1.165) is 47.5 Å². The molecule has 0 bridgehead atoms. The normalized spacial score (nSPS) is 21.2. The first kappa shape index (κ1) is 27.6. The molecular formula is C31H37N7O2S. The number of amides is 1. The zero-order valence-corrected chi connectivity index (χ0v) is 24.6. The largest absolute Gasteiger partial charge is 0.465 e. The number of benzene rings is 2. The van der Waals surface area contributed by atoms with Crippen LogP contribution in [0.1, 0.15) is 36.1 Å². The van der Waals surface area contributed by atoms with Gasteiger partial charge in [0.2, 0.25) is 0 Å². The Hall–Kier alpha value is -3.55. The zero-order valence-electron chi connectivity index (χ0n) is 23.8. The van der Waals surface area contributed by atoms with Crippen molar-refractivity contribution < 1.29 is 9.90 Å². The van der Waals surface area contributed by atoms with Crippen molar-refractivity contribution in [2.75, 3.05) is 55.3 Å². The second-order valence-corrected chi connectivity index (χ2v) is 12.4. The van der Waals surface area contributed by atoms with Crippen molar-refractivity contribution >= 4 is 40.1 Å². The Morgan fingerprint density at radius 1 is 1.10 bits per heavy atom. The van der Waals surface area contributed by atoms with Crippen LogP contribution < -0.4 is 9.80 Å². The summed E-state index contributed by atoms with van der Waals surface area (Å²) in [6.45, 7) is 6.24. The topological polar surface area (TPSA) is 99.8 Å². The Morgan fingerprint density at radius 3 is 2.68 bits per heavy atom. The van der Waals surface area contributed by atoms with Crippen molar-refractivity contribution in [1.82, 2.24) is 19.8 Å². The second-order valence-electron chi connectivity index (χ2n) is 11.4. The van der Waals surface area contributed by atoms with E-state index in [4.69, 9.17) is 9.97 Å². The number of nitriles is 1. The number of piperazine rings is 1. The lowest BCUT2D eigenvalue weighted by Crippen LogP contribution is -2.55. The van der Waals surface area contributed by atoms with E-state index in [9.17, 15) is 15.2 Å². The lowest BCUT2D eigenvalue weighted by atomic mass is 9.99. The minimum Gasteiger partial charge on any atom is -0.465 e. The Bertz CT molecular complexity index is 1490. The predicted octanol–water partition coefficient (Wildman–Crippen LogP) is 4.77. The van der Waals surface area contributed by atoms with Crippen LogP contribution in [-0.2, 0) is 13.0 Å². The maximum atomic E-state index is 11.9. The first-order valence-electron chi connectivity index (χ1n) is 14.5. The van der Waals surface area contributed by atoms with Gasteiger partial charge in [-0.15, -0.1) is 0 Å². The molecule has 2 fully saturated rings. The molecule has 4 heterocycles. The van der Waals surface area contributed by atoms with Gasteiger partial charge in [0.05, 0.1) is 30.8 Å². The van der Waals surface area contributed by atoms with Crippen molar-refractivity contribution in [3.8, 4) is 6.07 Å². The minimum atomic E-state index is -0.965. The van der Waals surface area contributed by atoms with Crippen LogP contribution in [0.4, 0.5) is 16.3 Å². The van der Waals surface area contributed by atoms with Gasteiger partial charge in [-0.05, 0) is 56.8 Å². The van der Waals surface area contributed by atoms with Gasteiger partial charge in [0.1, 0.15) is 5.82 Å². The number of nitrogens with zero attached hydrogens (tertiary/aromatic N) is 7. The van der Waals surface area contributed by atoms with E-state index in [2.05, 4.69) is 71.1 Å². The molecule has 10 heteroatoms. The van der Waals surface area contributed by atoms with E-state index < -0.39 is 6.09 Å². The maximum Gasteiger partial charge on any atom is 0.407 e. The number of hydrogen-bond donors (Lipinski definition) is 1. The number of hydrogen-bond acceptors (Lipinski definition) is 8. The number of thioether (sulfide) groups is 1. The van der Waals surface area contributed by atoms with Crippen LogP contribution >= 0.6 is 11.8 Å². The quantitative estimate of drug-likeness (QED) is 0.331. The molecule has 6 rings (SSSR count). The third-order valence-corrected chi connectivity index (χ3v) is 9.88. The highest BCUT2D eigenvalue weighted by Crippen LogP contribution is 2.36. The molecule has 41 heavy (non-hydrogen) atoms. The van der Waals surface area contributed by atoms with Crippen molar-refractivity contribution in [2.45, 2.75) is 56.4 Å². The van der Waals surface area contributed by atoms with Crippen LogP contribution in [0.5, 0.6) is 0 Å². The van der Waals surface area contributed by atoms with Gasteiger partial charge in [0.15, 0.2) is 5.16 Å². The summed E-state index contributed by atoms with van der Waals surface area (Å²) in [6.07, 6.45) is 2.44. The molecule has 2 saturated heterocycles. The molecular weight excluding hydrogens is 534 g/mol. The van der Waals surface area contributed by atoms with Crippen LogP contribution in [0.2, 0.25) is 0 Å². The molecule has 3 aromatic rings. The highest BCUT2D eigenvalue weighted by Gasteiger charge is 2.34.